The van der Waals surface area contributed by atoms with Gasteiger partial charge in [-0.2, -0.15) is 0 Å². The molecule has 1 nitrogen and oxygen atoms in total. The zero-order valence-corrected chi connectivity index (χ0v) is 18.5. The van der Waals surface area contributed by atoms with Crippen LogP contribution in [0.4, 0.5) is 0 Å². The molecule has 0 aliphatic heterocycles. The molecule has 2 rings (SSSR count). The summed E-state index contributed by atoms with van der Waals surface area (Å²) in [5.41, 5.74) is 1.28. The van der Waals surface area contributed by atoms with Crippen molar-refractivity contribution in [3.05, 3.63) is 51.0 Å². The molecule has 1 aromatic heterocycles. The van der Waals surface area contributed by atoms with Crippen molar-refractivity contribution >= 4 is 81.7 Å². The molecule has 1 atom stereocenters. The zero-order chi connectivity index (χ0) is 14.7. The van der Waals surface area contributed by atoms with Crippen molar-refractivity contribution in [2.75, 3.05) is 6.54 Å². The number of nitrogens with one attached hydrogen (secondary N) is 1. The molecule has 1 N–H and O–H groups in total. The van der Waals surface area contributed by atoms with Crippen molar-refractivity contribution in [3.8, 4) is 0 Å². The van der Waals surface area contributed by atoms with Gasteiger partial charge in [0.05, 0.1) is 9.83 Å². The van der Waals surface area contributed by atoms with Gasteiger partial charge in [-0.05, 0) is 97.2 Å². The Morgan fingerprint density at radius 3 is 2.55 bits per heavy atom. The highest BCUT2D eigenvalue weighted by atomic mass is 127. The lowest BCUT2D eigenvalue weighted by Gasteiger charge is -2.19. The number of hydrogen-bond donors (Lipinski definition) is 1. The molecule has 0 saturated carbocycles. The third-order valence-electron chi connectivity index (χ3n) is 2.82. The second-order valence-corrected chi connectivity index (χ2v) is 9.68. The largest absolute Gasteiger partial charge is 0.306 e. The quantitative estimate of drug-likeness (QED) is 0.379. The summed E-state index contributed by atoms with van der Waals surface area (Å²) < 4.78 is 4.64. The second kappa shape index (κ2) is 8.06. The summed E-state index contributed by atoms with van der Waals surface area (Å²) in [6.07, 6.45) is 1.12. The third kappa shape index (κ3) is 4.29. The average Bonchev–Trinajstić information content (AvgIpc) is 2.74. The smallest absolute Gasteiger partial charge is 0.0843 e. The van der Waals surface area contributed by atoms with E-state index in [0.717, 1.165) is 25.7 Å². The molecule has 108 valence electrons. The van der Waals surface area contributed by atoms with Gasteiger partial charge in [0, 0.05) is 17.4 Å². The van der Waals surface area contributed by atoms with Gasteiger partial charge in [0.1, 0.15) is 0 Å². The van der Waals surface area contributed by atoms with Crippen molar-refractivity contribution in [1.82, 2.24) is 5.32 Å². The van der Waals surface area contributed by atoms with E-state index in [2.05, 4.69) is 107 Å². The number of thiophene rings is 1. The Hall–Kier alpha value is 1.05. The summed E-state index contributed by atoms with van der Waals surface area (Å²) in [6, 6.07) is 8.88. The molecule has 0 spiro atoms. The molecule has 1 heterocycles. The van der Waals surface area contributed by atoms with E-state index < -0.39 is 0 Å². The lowest BCUT2D eigenvalue weighted by atomic mass is 10.1. The van der Waals surface area contributed by atoms with E-state index >= 15 is 0 Å². The maximum Gasteiger partial charge on any atom is 0.0843 e. The minimum Gasteiger partial charge on any atom is -0.306 e. The second-order valence-electron chi connectivity index (χ2n) is 4.32. The van der Waals surface area contributed by atoms with E-state index in [0.29, 0.717) is 0 Å². The SMILES string of the molecule is CCCNC(c1cc(Br)c(Br)s1)c1cc(I)ccc1Br. The van der Waals surface area contributed by atoms with Crippen molar-refractivity contribution in [2.24, 2.45) is 0 Å². The maximum atomic E-state index is 3.68. The Morgan fingerprint density at radius 1 is 1.20 bits per heavy atom. The van der Waals surface area contributed by atoms with Crippen LogP contribution in [0.5, 0.6) is 0 Å². The van der Waals surface area contributed by atoms with Gasteiger partial charge in [-0.3, -0.25) is 0 Å². The first-order valence-corrected chi connectivity index (χ1v) is 10.4. The van der Waals surface area contributed by atoms with Crippen LogP contribution in [0.15, 0.2) is 37.0 Å². The lowest BCUT2D eigenvalue weighted by Crippen LogP contribution is -2.22. The van der Waals surface area contributed by atoms with Gasteiger partial charge in [0.25, 0.3) is 0 Å². The van der Waals surface area contributed by atoms with E-state index in [1.54, 1.807) is 11.3 Å². The molecule has 2 aromatic rings. The Morgan fingerprint density at radius 2 is 1.95 bits per heavy atom. The molecule has 20 heavy (non-hydrogen) atoms. The normalized spacial score (nSPS) is 12.7. The molecule has 0 fully saturated rings. The van der Waals surface area contributed by atoms with E-state index in [-0.39, 0.29) is 6.04 Å². The van der Waals surface area contributed by atoms with E-state index in [4.69, 9.17) is 0 Å². The van der Waals surface area contributed by atoms with Crippen molar-refractivity contribution < 1.29 is 0 Å². The molecule has 0 bridgehead atoms. The van der Waals surface area contributed by atoms with E-state index in [1.165, 1.54) is 14.0 Å². The van der Waals surface area contributed by atoms with Crippen molar-refractivity contribution in [2.45, 2.75) is 19.4 Å². The molecule has 1 unspecified atom stereocenters. The highest BCUT2D eigenvalue weighted by Crippen LogP contribution is 2.39. The van der Waals surface area contributed by atoms with E-state index in [1.807, 2.05) is 0 Å². The van der Waals surface area contributed by atoms with Crippen LogP contribution in [0.1, 0.15) is 29.8 Å². The van der Waals surface area contributed by atoms with Gasteiger partial charge in [0.15, 0.2) is 0 Å². The van der Waals surface area contributed by atoms with Crippen LogP contribution in [-0.4, -0.2) is 6.54 Å². The van der Waals surface area contributed by atoms with Crippen LogP contribution >= 0.6 is 81.7 Å². The Balaban J connectivity index is 2.43. The van der Waals surface area contributed by atoms with Crippen LogP contribution in [0.3, 0.4) is 0 Å². The molecule has 0 radical (unpaired) electrons. The lowest BCUT2D eigenvalue weighted by molar-refractivity contribution is 0.604. The van der Waals surface area contributed by atoms with Gasteiger partial charge in [0.2, 0.25) is 0 Å². The summed E-state index contributed by atoms with van der Waals surface area (Å²) in [5, 5.41) is 3.65. The standard InChI is InChI=1S/C14H13Br3INS/c1-2-5-19-13(12-7-11(16)14(17)20-12)9-6-8(18)3-4-10(9)15/h3-4,6-7,13,19H,2,5H2,1H3. The Bertz CT molecular complexity index is 581. The highest BCUT2D eigenvalue weighted by Gasteiger charge is 2.19. The topological polar surface area (TPSA) is 12.0 Å². The van der Waals surface area contributed by atoms with E-state index in [9.17, 15) is 0 Å². The Labute approximate surface area is 162 Å². The van der Waals surface area contributed by atoms with Crippen LogP contribution < -0.4 is 5.32 Å². The zero-order valence-electron chi connectivity index (χ0n) is 10.7. The fourth-order valence-corrected chi connectivity index (χ4v) is 5.07. The highest BCUT2D eigenvalue weighted by molar-refractivity contribution is 14.1. The first kappa shape index (κ1) is 17.4. The fourth-order valence-electron chi connectivity index (χ4n) is 1.89. The minimum atomic E-state index is 0.214. The maximum absolute atomic E-state index is 3.68. The van der Waals surface area contributed by atoms with Gasteiger partial charge in [-0.15, -0.1) is 11.3 Å². The molecular weight excluding hydrogens is 581 g/mol. The molecule has 1 aromatic carbocycles. The molecule has 0 saturated heterocycles. The van der Waals surface area contributed by atoms with Gasteiger partial charge >= 0.3 is 0 Å². The Kier molecular flexibility index (Phi) is 7.01. The first-order chi connectivity index (χ1) is 9.52. The predicted molar refractivity (Wildman–Crippen MR) is 107 cm³/mol. The number of rotatable bonds is 5. The number of benzene rings is 1. The molecule has 0 aliphatic carbocycles. The summed E-state index contributed by atoms with van der Waals surface area (Å²) >= 11 is 15.0. The summed E-state index contributed by atoms with van der Waals surface area (Å²) in [6.45, 7) is 3.18. The minimum absolute atomic E-state index is 0.214. The van der Waals surface area contributed by atoms with Gasteiger partial charge in [-0.25, -0.2) is 0 Å². The molecular formula is C14H13Br3INS. The summed E-state index contributed by atoms with van der Waals surface area (Å²) in [5.74, 6) is 0. The monoisotopic (exact) mass is 591 g/mol. The van der Waals surface area contributed by atoms with Crippen LogP contribution in [-0.2, 0) is 0 Å². The summed E-state index contributed by atoms with van der Waals surface area (Å²) in [4.78, 5) is 1.31. The number of hydrogen-bond acceptors (Lipinski definition) is 2. The summed E-state index contributed by atoms with van der Waals surface area (Å²) in [7, 11) is 0. The van der Waals surface area contributed by atoms with Crippen LogP contribution in [0, 0.1) is 3.57 Å². The molecule has 6 heteroatoms. The van der Waals surface area contributed by atoms with Gasteiger partial charge in [-0.1, -0.05) is 22.9 Å². The first-order valence-electron chi connectivity index (χ1n) is 6.16. The third-order valence-corrected chi connectivity index (χ3v) is 7.53. The van der Waals surface area contributed by atoms with Crippen LogP contribution in [0.25, 0.3) is 0 Å². The molecule has 0 amide bonds. The van der Waals surface area contributed by atoms with Crippen molar-refractivity contribution in [1.29, 1.82) is 0 Å². The molecule has 0 aliphatic rings. The fraction of sp³-hybridized carbons (Fsp3) is 0.286. The average molecular weight is 594 g/mol. The van der Waals surface area contributed by atoms with Crippen LogP contribution in [0.2, 0.25) is 0 Å². The predicted octanol–water partition coefficient (Wildman–Crippen LogP) is 6.73. The van der Waals surface area contributed by atoms with Crippen molar-refractivity contribution in [3.63, 3.8) is 0 Å². The number of halogens is 4. The van der Waals surface area contributed by atoms with Gasteiger partial charge < -0.3 is 5.32 Å².